The first kappa shape index (κ1) is 17.9. The molecular formula is C21H21FN4O3. The first-order valence-corrected chi connectivity index (χ1v) is 9.75. The zero-order chi connectivity index (χ0) is 20.0. The molecule has 0 spiro atoms. The maximum atomic E-state index is 15.0. The van der Waals surface area contributed by atoms with Crippen molar-refractivity contribution in [3.8, 4) is 11.5 Å². The Bertz CT molecular complexity index is 1130. The first-order chi connectivity index (χ1) is 14.1. The molecule has 5 rings (SSSR count). The lowest BCUT2D eigenvalue weighted by Gasteiger charge is -2.36. The SMILES string of the molecule is Cc1cc2nccc(=O)n2nc1N1CC[C@@H](Oc2ccc3c(c2)CCO3)[C@H](F)C1. The predicted octanol–water partition coefficient (Wildman–Crippen LogP) is 2.33. The molecule has 1 aromatic carbocycles. The molecule has 0 N–H and O–H groups in total. The number of ether oxygens (including phenoxy) is 2. The molecule has 2 atom stereocenters. The highest BCUT2D eigenvalue weighted by Crippen LogP contribution is 2.31. The normalized spacial score (nSPS) is 21.1. The van der Waals surface area contributed by atoms with E-state index in [2.05, 4.69) is 10.1 Å². The lowest BCUT2D eigenvalue weighted by Crippen LogP contribution is -2.47. The molecule has 1 fully saturated rings. The van der Waals surface area contributed by atoms with Crippen molar-refractivity contribution in [2.45, 2.75) is 32.0 Å². The van der Waals surface area contributed by atoms with Gasteiger partial charge < -0.3 is 14.4 Å². The highest BCUT2D eigenvalue weighted by atomic mass is 19.1. The molecule has 2 aliphatic heterocycles. The van der Waals surface area contributed by atoms with E-state index in [0.717, 1.165) is 23.3 Å². The number of aromatic nitrogens is 3. The van der Waals surface area contributed by atoms with E-state index < -0.39 is 12.3 Å². The van der Waals surface area contributed by atoms with Crippen LogP contribution in [0, 0.1) is 6.92 Å². The zero-order valence-electron chi connectivity index (χ0n) is 16.0. The van der Waals surface area contributed by atoms with Gasteiger partial charge in [0.15, 0.2) is 17.6 Å². The number of benzene rings is 1. The first-order valence-electron chi connectivity index (χ1n) is 9.75. The molecule has 0 amide bonds. The van der Waals surface area contributed by atoms with Gasteiger partial charge in [0.25, 0.3) is 5.56 Å². The maximum absolute atomic E-state index is 15.0. The van der Waals surface area contributed by atoms with E-state index in [-0.39, 0.29) is 12.1 Å². The summed E-state index contributed by atoms with van der Waals surface area (Å²) in [4.78, 5) is 18.1. The van der Waals surface area contributed by atoms with Crippen molar-refractivity contribution in [3.05, 3.63) is 58.0 Å². The van der Waals surface area contributed by atoms with E-state index >= 15 is 0 Å². The second-order valence-corrected chi connectivity index (χ2v) is 7.48. The standard InChI is InChI=1S/C21H21FN4O3/c1-13-10-19-23-7-4-20(27)26(19)24-21(13)25-8-5-18(16(22)12-25)29-15-2-3-17-14(11-15)6-9-28-17/h2-4,7,10-11,16,18H,5-6,8-9,12H2,1H3/t16-,18-/m1/s1. The predicted molar refractivity (Wildman–Crippen MR) is 106 cm³/mol. The quantitative estimate of drug-likeness (QED) is 0.677. The van der Waals surface area contributed by atoms with Gasteiger partial charge in [-0.15, -0.1) is 5.10 Å². The Morgan fingerprint density at radius 3 is 3.03 bits per heavy atom. The van der Waals surface area contributed by atoms with Crippen molar-refractivity contribution in [3.63, 3.8) is 0 Å². The van der Waals surface area contributed by atoms with E-state index in [1.807, 2.05) is 30.0 Å². The Labute approximate surface area is 166 Å². The summed E-state index contributed by atoms with van der Waals surface area (Å²) in [5.41, 5.74) is 2.18. The number of rotatable bonds is 3. The maximum Gasteiger partial charge on any atom is 0.274 e. The van der Waals surface area contributed by atoms with Gasteiger partial charge in [-0.2, -0.15) is 4.52 Å². The third-order valence-electron chi connectivity index (χ3n) is 5.47. The third-order valence-corrected chi connectivity index (χ3v) is 5.47. The average molecular weight is 396 g/mol. The van der Waals surface area contributed by atoms with Crippen LogP contribution in [0.3, 0.4) is 0 Å². The van der Waals surface area contributed by atoms with Crippen molar-refractivity contribution < 1.29 is 13.9 Å². The van der Waals surface area contributed by atoms with Crippen molar-refractivity contribution in [1.29, 1.82) is 0 Å². The molecule has 8 heteroatoms. The second-order valence-electron chi connectivity index (χ2n) is 7.48. The fraction of sp³-hybridized carbons (Fsp3) is 0.381. The lowest BCUT2D eigenvalue weighted by molar-refractivity contribution is 0.0817. The van der Waals surface area contributed by atoms with Gasteiger partial charge >= 0.3 is 0 Å². The van der Waals surface area contributed by atoms with Crippen LogP contribution in [0.15, 0.2) is 41.3 Å². The molecular weight excluding hydrogens is 375 g/mol. The Balaban J connectivity index is 1.33. The van der Waals surface area contributed by atoms with Crippen LogP contribution in [-0.2, 0) is 6.42 Å². The summed E-state index contributed by atoms with van der Waals surface area (Å²) in [6.07, 6.45) is 1.15. The fourth-order valence-electron chi connectivity index (χ4n) is 3.98. The molecule has 2 aromatic heterocycles. The Hall–Kier alpha value is -3.16. The van der Waals surface area contributed by atoms with Crippen molar-refractivity contribution >= 4 is 11.5 Å². The van der Waals surface area contributed by atoms with Gasteiger partial charge in [0.1, 0.15) is 17.6 Å². The molecule has 0 saturated carbocycles. The summed E-state index contributed by atoms with van der Waals surface area (Å²) in [6.45, 7) is 3.32. The van der Waals surface area contributed by atoms with E-state index in [1.165, 1.54) is 16.8 Å². The molecule has 0 radical (unpaired) electrons. The summed E-state index contributed by atoms with van der Waals surface area (Å²) in [7, 11) is 0. The van der Waals surface area contributed by atoms with Crippen LogP contribution < -0.4 is 19.9 Å². The molecule has 7 nitrogen and oxygen atoms in total. The van der Waals surface area contributed by atoms with E-state index in [0.29, 0.717) is 36.8 Å². The monoisotopic (exact) mass is 396 g/mol. The van der Waals surface area contributed by atoms with Crippen molar-refractivity contribution in [1.82, 2.24) is 14.6 Å². The third kappa shape index (κ3) is 3.28. The number of hydrogen-bond donors (Lipinski definition) is 0. The van der Waals surface area contributed by atoms with Crippen LogP contribution in [0.25, 0.3) is 5.65 Å². The Morgan fingerprint density at radius 1 is 1.28 bits per heavy atom. The second kappa shape index (κ2) is 7.02. The Morgan fingerprint density at radius 2 is 2.17 bits per heavy atom. The number of anilines is 1. The average Bonchev–Trinajstić information content (AvgIpc) is 3.17. The molecule has 3 aromatic rings. The topological polar surface area (TPSA) is 69.0 Å². The van der Waals surface area contributed by atoms with Crippen LogP contribution in [0.4, 0.5) is 10.2 Å². The highest BCUT2D eigenvalue weighted by molar-refractivity contribution is 5.52. The summed E-state index contributed by atoms with van der Waals surface area (Å²) in [5.74, 6) is 2.16. The zero-order valence-corrected chi connectivity index (χ0v) is 16.0. The van der Waals surface area contributed by atoms with Gasteiger partial charge in [0, 0.05) is 37.2 Å². The molecule has 0 bridgehead atoms. The number of piperidine rings is 1. The number of fused-ring (bicyclic) bond motifs is 2. The van der Waals surface area contributed by atoms with Gasteiger partial charge in [-0.3, -0.25) is 4.79 Å². The molecule has 2 aliphatic rings. The minimum absolute atomic E-state index is 0.160. The summed E-state index contributed by atoms with van der Waals surface area (Å²) >= 11 is 0. The van der Waals surface area contributed by atoms with Gasteiger partial charge in [0.05, 0.1) is 13.2 Å². The summed E-state index contributed by atoms with van der Waals surface area (Å²) in [6, 6.07) is 8.81. The summed E-state index contributed by atoms with van der Waals surface area (Å²) < 4.78 is 27.7. The molecule has 0 unspecified atom stereocenters. The molecule has 29 heavy (non-hydrogen) atoms. The summed E-state index contributed by atoms with van der Waals surface area (Å²) in [5, 5.41) is 4.43. The minimum Gasteiger partial charge on any atom is -0.493 e. The molecule has 4 heterocycles. The number of aryl methyl sites for hydroxylation is 1. The van der Waals surface area contributed by atoms with Crippen molar-refractivity contribution in [2.24, 2.45) is 0 Å². The largest absolute Gasteiger partial charge is 0.493 e. The molecule has 0 aliphatic carbocycles. The van der Waals surface area contributed by atoms with Crippen LogP contribution >= 0.6 is 0 Å². The van der Waals surface area contributed by atoms with Crippen LogP contribution in [0.2, 0.25) is 0 Å². The minimum atomic E-state index is -1.17. The van der Waals surface area contributed by atoms with Gasteiger partial charge in [-0.05, 0) is 36.8 Å². The molecule has 150 valence electrons. The smallest absolute Gasteiger partial charge is 0.274 e. The number of halogens is 1. The van der Waals surface area contributed by atoms with Crippen LogP contribution in [0.5, 0.6) is 11.5 Å². The molecule has 1 saturated heterocycles. The van der Waals surface area contributed by atoms with Crippen LogP contribution in [0.1, 0.15) is 17.5 Å². The number of hydrogen-bond acceptors (Lipinski definition) is 6. The highest BCUT2D eigenvalue weighted by Gasteiger charge is 2.32. The van der Waals surface area contributed by atoms with Gasteiger partial charge in [-0.25, -0.2) is 9.37 Å². The van der Waals surface area contributed by atoms with Gasteiger partial charge in [0.2, 0.25) is 0 Å². The van der Waals surface area contributed by atoms with E-state index in [4.69, 9.17) is 9.47 Å². The van der Waals surface area contributed by atoms with E-state index in [1.54, 1.807) is 6.07 Å². The number of alkyl halides is 1. The number of nitrogens with zero attached hydrogens (tertiary/aromatic N) is 4. The lowest BCUT2D eigenvalue weighted by atomic mass is 10.0. The fourth-order valence-corrected chi connectivity index (χ4v) is 3.98. The van der Waals surface area contributed by atoms with Gasteiger partial charge in [-0.1, -0.05) is 0 Å². The Kier molecular flexibility index (Phi) is 4.34. The van der Waals surface area contributed by atoms with Crippen molar-refractivity contribution in [2.75, 3.05) is 24.6 Å². The van der Waals surface area contributed by atoms with Crippen LogP contribution in [-0.4, -0.2) is 46.6 Å². The van der Waals surface area contributed by atoms with E-state index in [9.17, 15) is 9.18 Å².